The highest BCUT2D eigenvalue weighted by molar-refractivity contribution is 5.94. The van der Waals surface area contributed by atoms with Gasteiger partial charge in [-0.1, -0.05) is 24.3 Å². The van der Waals surface area contributed by atoms with Crippen molar-refractivity contribution in [1.82, 2.24) is 5.32 Å². The Morgan fingerprint density at radius 1 is 1.09 bits per heavy atom. The summed E-state index contributed by atoms with van der Waals surface area (Å²) in [6, 6.07) is 10.5. The first-order valence-corrected chi connectivity index (χ1v) is 7.38. The van der Waals surface area contributed by atoms with E-state index < -0.39 is 17.5 Å². The number of benzene rings is 2. The summed E-state index contributed by atoms with van der Waals surface area (Å²) in [5.41, 5.74) is 1.75. The summed E-state index contributed by atoms with van der Waals surface area (Å²) in [4.78, 5) is 11.9. The second-order valence-corrected chi connectivity index (χ2v) is 5.48. The minimum Gasteiger partial charge on any atom is -0.374 e. The Kier molecular flexibility index (Phi) is 5.82. The Morgan fingerprint density at radius 2 is 1.74 bits per heavy atom. The third-order valence-electron chi connectivity index (χ3n) is 3.24. The van der Waals surface area contributed by atoms with Crippen LogP contribution in [0.5, 0.6) is 0 Å². The number of hydrogen-bond acceptors (Lipinski definition) is 2. The monoisotopic (exact) mass is 319 g/mol. The zero-order valence-corrected chi connectivity index (χ0v) is 13.1. The van der Waals surface area contributed by atoms with Crippen molar-refractivity contribution in [3.8, 4) is 0 Å². The van der Waals surface area contributed by atoms with Crippen LogP contribution in [0.25, 0.3) is 0 Å². The second-order valence-electron chi connectivity index (χ2n) is 5.48. The summed E-state index contributed by atoms with van der Waals surface area (Å²) in [5.74, 6) is -2.16. The molecule has 23 heavy (non-hydrogen) atoms. The molecule has 5 heteroatoms. The number of carbonyl (C=O) groups is 1. The first-order valence-electron chi connectivity index (χ1n) is 7.38. The van der Waals surface area contributed by atoms with Crippen molar-refractivity contribution in [2.75, 3.05) is 0 Å². The third kappa shape index (κ3) is 5.14. The molecule has 0 unspecified atom stereocenters. The van der Waals surface area contributed by atoms with Gasteiger partial charge >= 0.3 is 0 Å². The average molecular weight is 319 g/mol. The van der Waals surface area contributed by atoms with Crippen molar-refractivity contribution in [1.29, 1.82) is 0 Å². The van der Waals surface area contributed by atoms with E-state index in [4.69, 9.17) is 4.74 Å². The highest BCUT2D eigenvalue weighted by Gasteiger charge is 2.12. The summed E-state index contributed by atoms with van der Waals surface area (Å²) in [6.45, 7) is 4.74. The molecule has 0 spiro atoms. The van der Waals surface area contributed by atoms with E-state index in [0.717, 1.165) is 23.3 Å². The van der Waals surface area contributed by atoms with Gasteiger partial charge in [0.25, 0.3) is 5.91 Å². The highest BCUT2D eigenvalue weighted by atomic mass is 19.1. The topological polar surface area (TPSA) is 38.3 Å². The van der Waals surface area contributed by atoms with Crippen molar-refractivity contribution in [2.45, 2.75) is 33.1 Å². The predicted molar refractivity (Wildman–Crippen MR) is 83.9 cm³/mol. The van der Waals surface area contributed by atoms with Gasteiger partial charge in [-0.15, -0.1) is 0 Å². The zero-order valence-electron chi connectivity index (χ0n) is 13.1. The molecule has 1 N–H and O–H groups in total. The molecule has 0 aliphatic rings. The quantitative estimate of drug-likeness (QED) is 0.879. The molecule has 0 aliphatic carbocycles. The van der Waals surface area contributed by atoms with Crippen molar-refractivity contribution in [3.63, 3.8) is 0 Å². The number of hydrogen-bond donors (Lipinski definition) is 1. The zero-order chi connectivity index (χ0) is 16.8. The molecular weight excluding hydrogens is 300 g/mol. The van der Waals surface area contributed by atoms with Gasteiger partial charge in [0.2, 0.25) is 0 Å². The molecule has 0 saturated carbocycles. The largest absolute Gasteiger partial charge is 0.374 e. The molecule has 0 atom stereocenters. The fraction of sp³-hybridized carbons (Fsp3) is 0.278. The minimum atomic E-state index is -0.872. The lowest BCUT2D eigenvalue weighted by molar-refractivity contribution is 0.0657. The SMILES string of the molecule is CC(C)OCc1ccc(CNC(=O)c2ccc(F)cc2F)cc1. The summed E-state index contributed by atoms with van der Waals surface area (Å²) in [6.07, 6.45) is 0.166. The maximum absolute atomic E-state index is 13.5. The molecule has 0 aromatic heterocycles. The van der Waals surface area contributed by atoms with E-state index in [-0.39, 0.29) is 18.2 Å². The Morgan fingerprint density at radius 3 is 2.35 bits per heavy atom. The molecule has 0 heterocycles. The van der Waals surface area contributed by atoms with Crippen molar-refractivity contribution in [3.05, 3.63) is 70.8 Å². The molecule has 0 bridgehead atoms. The lowest BCUT2D eigenvalue weighted by Gasteiger charge is -2.09. The highest BCUT2D eigenvalue weighted by Crippen LogP contribution is 2.10. The van der Waals surface area contributed by atoms with Crippen LogP contribution >= 0.6 is 0 Å². The second kappa shape index (κ2) is 7.83. The van der Waals surface area contributed by atoms with Gasteiger partial charge in [0, 0.05) is 12.6 Å². The van der Waals surface area contributed by atoms with E-state index in [2.05, 4.69) is 5.32 Å². The van der Waals surface area contributed by atoms with Gasteiger partial charge in [-0.05, 0) is 37.1 Å². The van der Waals surface area contributed by atoms with Gasteiger partial charge in [0.15, 0.2) is 0 Å². The van der Waals surface area contributed by atoms with E-state index in [1.165, 1.54) is 0 Å². The molecular formula is C18H19F2NO2. The number of ether oxygens (including phenoxy) is 1. The van der Waals surface area contributed by atoms with E-state index in [1.807, 2.05) is 38.1 Å². The minimum absolute atomic E-state index is 0.166. The Bertz CT molecular complexity index is 669. The van der Waals surface area contributed by atoms with Gasteiger partial charge in [-0.2, -0.15) is 0 Å². The Balaban J connectivity index is 1.91. The van der Waals surface area contributed by atoms with Crippen LogP contribution in [0.4, 0.5) is 8.78 Å². The van der Waals surface area contributed by atoms with Crippen LogP contribution in [0.1, 0.15) is 35.3 Å². The number of carbonyl (C=O) groups excluding carboxylic acids is 1. The molecule has 122 valence electrons. The van der Waals surface area contributed by atoms with Crippen LogP contribution in [0, 0.1) is 11.6 Å². The van der Waals surface area contributed by atoms with Gasteiger partial charge in [-0.25, -0.2) is 8.78 Å². The molecule has 0 aliphatic heterocycles. The fourth-order valence-electron chi connectivity index (χ4n) is 1.97. The van der Waals surface area contributed by atoms with Crippen molar-refractivity contribution in [2.24, 2.45) is 0 Å². The molecule has 2 aromatic carbocycles. The molecule has 0 radical (unpaired) electrons. The van der Waals surface area contributed by atoms with Gasteiger partial charge < -0.3 is 10.1 Å². The number of nitrogens with one attached hydrogen (secondary N) is 1. The van der Waals surface area contributed by atoms with Crippen LogP contribution in [0.15, 0.2) is 42.5 Å². The lowest BCUT2D eigenvalue weighted by atomic mass is 10.1. The van der Waals surface area contributed by atoms with E-state index >= 15 is 0 Å². The standard InChI is InChI=1S/C18H19F2NO2/c1-12(2)23-11-14-5-3-13(4-6-14)10-21-18(22)16-8-7-15(19)9-17(16)20/h3-9,12H,10-11H2,1-2H3,(H,21,22). The third-order valence-corrected chi connectivity index (χ3v) is 3.24. The predicted octanol–water partition coefficient (Wildman–Crippen LogP) is 3.82. The van der Waals surface area contributed by atoms with E-state index in [0.29, 0.717) is 12.7 Å². The van der Waals surface area contributed by atoms with Crippen LogP contribution in [-0.2, 0) is 17.9 Å². The van der Waals surface area contributed by atoms with Gasteiger partial charge in [0.05, 0.1) is 18.3 Å². The maximum atomic E-state index is 13.5. The van der Waals surface area contributed by atoms with Crippen LogP contribution in [0.3, 0.4) is 0 Å². The van der Waals surface area contributed by atoms with Crippen molar-refractivity contribution >= 4 is 5.91 Å². The average Bonchev–Trinajstić information content (AvgIpc) is 2.51. The Hall–Kier alpha value is -2.27. The van der Waals surface area contributed by atoms with E-state index in [9.17, 15) is 13.6 Å². The molecule has 3 nitrogen and oxygen atoms in total. The summed E-state index contributed by atoms with van der Waals surface area (Å²) < 4.78 is 31.8. The number of halogens is 2. The molecule has 0 saturated heterocycles. The molecule has 2 rings (SSSR count). The fourth-order valence-corrected chi connectivity index (χ4v) is 1.97. The maximum Gasteiger partial charge on any atom is 0.254 e. The van der Waals surface area contributed by atoms with Crippen molar-refractivity contribution < 1.29 is 18.3 Å². The summed E-state index contributed by atoms with van der Waals surface area (Å²) in [5, 5.41) is 2.61. The molecule has 1 amide bonds. The molecule has 0 fully saturated rings. The normalized spacial score (nSPS) is 10.8. The summed E-state index contributed by atoms with van der Waals surface area (Å²) >= 11 is 0. The number of rotatable bonds is 6. The summed E-state index contributed by atoms with van der Waals surface area (Å²) in [7, 11) is 0. The van der Waals surface area contributed by atoms with Crippen LogP contribution < -0.4 is 5.32 Å². The Labute approximate surface area is 134 Å². The van der Waals surface area contributed by atoms with Crippen LogP contribution in [-0.4, -0.2) is 12.0 Å². The lowest BCUT2D eigenvalue weighted by Crippen LogP contribution is -2.23. The first-order chi connectivity index (χ1) is 11.0. The van der Waals surface area contributed by atoms with Crippen LogP contribution in [0.2, 0.25) is 0 Å². The number of amides is 1. The van der Waals surface area contributed by atoms with Gasteiger partial charge in [0.1, 0.15) is 11.6 Å². The van der Waals surface area contributed by atoms with E-state index in [1.54, 1.807) is 0 Å². The first kappa shape index (κ1) is 17.1. The molecule has 2 aromatic rings. The smallest absolute Gasteiger partial charge is 0.254 e. The van der Waals surface area contributed by atoms with Gasteiger partial charge in [-0.3, -0.25) is 4.79 Å².